The summed E-state index contributed by atoms with van der Waals surface area (Å²) in [5.74, 6) is 1.72. The molecule has 1 saturated carbocycles. The van der Waals surface area contributed by atoms with Gasteiger partial charge in [-0.1, -0.05) is 0 Å². The summed E-state index contributed by atoms with van der Waals surface area (Å²) in [5, 5.41) is 4.77. The molecule has 0 amide bonds. The zero-order valence-corrected chi connectivity index (χ0v) is 33.9. The van der Waals surface area contributed by atoms with Crippen molar-refractivity contribution in [3.8, 4) is 0 Å². The van der Waals surface area contributed by atoms with Crippen molar-refractivity contribution in [1.82, 2.24) is 0 Å². The summed E-state index contributed by atoms with van der Waals surface area (Å²) < 4.78 is 0.637. The van der Waals surface area contributed by atoms with Crippen LogP contribution in [0.2, 0.25) is 9.76 Å². The Morgan fingerprint density at radius 2 is 0.889 bits per heavy atom. The molecule has 0 radical (unpaired) electrons. The Hall–Kier alpha value is -1.06. The molecule has 2 aliphatic rings. The quantitative estimate of drug-likeness (QED) is 0.258. The fraction of sp³-hybridized carbons (Fsp3) is 0.450. The van der Waals surface area contributed by atoms with Gasteiger partial charge in [-0.05, 0) is 0 Å². The van der Waals surface area contributed by atoms with E-state index < -0.39 is 8.07 Å². The zero-order valence-electron chi connectivity index (χ0n) is 29.0. The van der Waals surface area contributed by atoms with Crippen LogP contribution < -0.4 is 52.8 Å². The van der Waals surface area contributed by atoms with Crippen LogP contribution in [0.3, 0.4) is 0 Å². The standard InChI is InChI=1S/C40H51Si.3ClH.Ti/c1-26-16-27(2)19-34(18-26)41(35-20-28(3)17-29(4)21-35,38-30(5)22-31-14-12-13-15-37(31)38)36-24-32(39(6,7)8)23-33(25-36)40(9,10)11;;;;/h12-25,30-31,37-38H,1-11H3;3*1H;/q;;;;+3/p-3. The Balaban J connectivity index is 0.00000235. The van der Waals surface area contributed by atoms with E-state index in [1.165, 1.54) is 33.4 Å². The molecule has 0 bridgehead atoms. The topological polar surface area (TPSA) is 0 Å². The summed E-state index contributed by atoms with van der Waals surface area (Å²) in [6, 6.07) is 22.8. The van der Waals surface area contributed by atoms with Gasteiger partial charge >= 0.3 is 271 Å². The molecule has 0 nitrogen and oxygen atoms in total. The average molecular weight is 714 g/mol. The summed E-state index contributed by atoms with van der Waals surface area (Å²) in [6.07, 6.45) is 9.76. The first kappa shape index (κ1) is 40.1. The fourth-order valence-corrected chi connectivity index (χ4v) is 16.0. The van der Waals surface area contributed by atoms with Crippen LogP contribution in [0.5, 0.6) is 0 Å². The zero-order chi connectivity index (χ0) is 30.8. The number of fused-ring (bicyclic) bond motifs is 1. The fourth-order valence-electron chi connectivity index (χ4n) is 8.17. The molecule has 5 atom stereocenters. The van der Waals surface area contributed by atoms with Crippen LogP contribution in [0, 0.1) is 45.4 Å². The van der Waals surface area contributed by atoms with Gasteiger partial charge in [-0.25, -0.2) is 0 Å². The van der Waals surface area contributed by atoms with E-state index in [0.29, 0.717) is 27.5 Å². The van der Waals surface area contributed by atoms with Crippen molar-refractivity contribution < 1.29 is 57.7 Å². The number of halogens is 3. The van der Waals surface area contributed by atoms with Crippen molar-refractivity contribution in [2.75, 3.05) is 0 Å². The maximum absolute atomic E-state index is 2.66. The Morgan fingerprint density at radius 3 is 1.27 bits per heavy atom. The second kappa shape index (κ2) is 14.6. The minimum atomic E-state index is -2.63. The van der Waals surface area contributed by atoms with E-state index in [9.17, 15) is 0 Å². The molecular formula is C40H51Cl3SiTi. The first-order valence-corrected chi connectivity index (χ1v) is 18.9. The van der Waals surface area contributed by atoms with Gasteiger partial charge in [-0.2, -0.15) is 0 Å². The molecule has 0 aromatic heterocycles. The molecule has 0 N–H and O–H groups in total. The predicted octanol–water partition coefficient (Wildman–Crippen LogP) is -0.289. The van der Waals surface area contributed by atoms with Crippen LogP contribution in [-0.4, -0.2) is 8.07 Å². The molecule has 1 fully saturated rings. The number of aryl methyl sites for hydroxylation is 4. The minimum Gasteiger partial charge on any atom is -1.00 e. The van der Waals surface area contributed by atoms with E-state index in [1.807, 2.05) is 0 Å². The summed E-state index contributed by atoms with van der Waals surface area (Å²) in [4.78, 5) is 0. The van der Waals surface area contributed by atoms with Gasteiger partial charge in [0.05, 0.1) is 0 Å². The van der Waals surface area contributed by atoms with Crippen LogP contribution in [0.1, 0.15) is 81.8 Å². The van der Waals surface area contributed by atoms with E-state index in [0.717, 1.165) is 0 Å². The van der Waals surface area contributed by atoms with Gasteiger partial charge in [-0.15, -0.1) is 0 Å². The van der Waals surface area contributed by atoms with Gasteiger partial charge in [0.1, 0.15) is 0 Å². The van der Waals surface area contributed by atoms with Crippen molar-refractivity contribution in [3.05, 3.63) is 112 Å². The summed E-state index contributed by atoms with van der Waals surface area (Å²) in [7, 11) is -2.63. The molecule has 5 unspecified atom stereocenters. The number of allylic oxidation sites excluding steroid dienone is 4. The molecular weight excluding hydrogens is 663 g/mol. The van der Waals surface area contributed by atoms with Crippen molar-refractivity contribution in [2.45, 2.75) is 96.8 Å². The van der Waals surface area contributed by atoms with Crippen LogP contribution in [0.4, 0.5) is 0 Å². The summed E-state index contributed by atoms with van der Waals surface area (Å²) in [6.45, 7) is 26.1. The van der Waals surface area contributed by atoms with Crippen molar-refractivity contribution >= 4 is 23.6 Å². The maximum Gasteiger partial charge on any atom is -1.00 e. The van der Waals surface area contributed by atoms with Crippen molar-refractivity contribution in [2.24, 2.45) is 17.8 Å². The monoisotopic (exact) mass is 712 g/mol. The van der Waals surface area contributed by atoms with Crippen molar-refractivity contribution in [1.29, 1.82) is 0 Å². The number of hydrogen-bond acceptors (Lipinski definition) is 0. The molecule has 5 heteroatoms. The molecule has 2 aliphatic carbocycles. The second-order valence-corrected chi connectivity index (χ2v) is 20.8. The SMILES string of the molecule is Cc1cc(C)cc([Si](c2cc(C)cc(C)c2)(c2cc(C(C)(C)C)cc(C(C)(C)C)c2)C2C(C)[CH]([Ti+3])C3C=CC=CC32)c1.[Cl-].[Cl-].[Cl-]. The third kappa shape index (κ3) is 7.50. The first-order valence-electron chi connectivity index (χ1n) is 15.9. The summed E-state index contributed by atoms with van der Waals surface area (Å²) >= 11 is 2.53. The molecule has 0 aliphatic heterocycles. The van der Waals surface area contributed by atoms with E-state index >= 15 is 0 Å². The Bertz CT molecular complexity index is 1430. The third-order valence-corrected chi connectivity index (χ3v) is 17.1. The van der Waals surface area contributed by atoms with E-state index in [4.69, 9.17) is 0 Å². The molecule has 0 spiro atoms. The van der Waals surface area contributed by atoms with Crippen LogP contribution in [0.25, 0.3) is 0 Å². The molecule has 3 aromatic carbocycles. The smallest absolute Gasteiger partial charge is 1.00 e. The number of hydrogen-bond donors (Lipinski definition) is 0. The van der Waals surface area contributed by atoms with E-state index in [2.05, 4.69) is 175 Å². The van der Waals surface area contributed by atoms with Gasteiger partial charge in [0.2, 0.25) is 0 Å². The van der Waals surface area contributed by atoms with E-state index in [1.54, 1.807) is 15.6 Å². The normalized spacial score (nSPS) is 22.6. The van der Waals surface area contributed by atoms with Gasteiger partial charge in [-0.3, -0.25) is 0 Å². The average Bonchev–Trinajstić information content (AvgIpc) is 3.13. The number of benzene rings is 3. The van der Waals surface area contributed by atoms with Gasteiger partial charge in [0.25, 0.3) is 0 Å². The Labute approximate surface area is 306 Å². The molecule has 0 saturated heterocycles. The van der Waals surface area contributed by atoms with Crippen LogP contribution >= 0.6 is 0 Å². The minimum absolute atomic E-state index is 0. The van der Waals surface area contributed by atoms with Crippen LogP contribution in [0.15, 0.2) is 78.9 Å². The van der Waals surface area contributed by atoms with Gasteiger partial charge in [0, 0.05) is 0 Å². The first-order chi connectivity index (χ1) is 19.5. The molecule has 0 heterocycles. The van der Waals surface area contributed by atoms with E-state index in [-0.39, 0.29) is 48.1 Å². The Kier molecular flexibility index (Phi) is 13.0. The molecule has 45 heavy (non-hydrogen) atoms. The maximum atomic E-state index is 2.66. The summed E-state index contributed by atoms with van der Waals surface area (Å²) in [5.41, 5.74) is 9.11. The third-order valence-electron chi connectivity index (χ3n) is 10.2. The van der Waals surface area contributed by atoms with Gasteiger partial charge < -0.3 is 37.2 Å². The second-order valence-electron chi connectivity index (χ2n) is 15.7. The Morgan fingerprint density at radius 1 is 0.533 bits per heavy atom. The largest absolute Gasteiger partial charge is 1.00 e. The predicted molar refractivity (Wildman–Crippen MR) is 182 cm³/mol. The number of rotatable bonds is 4. The van der Waals surface area contributed by atoms with Crippen LogP contribution in [-0.2, 0) is 31.3 Å². The molecule has 5 rings (SSSR count). The molecule has 240 valence electrons. The molecule has 3 aromatic rings. The van der Waals surface area contributed by atoms with Gasteiger partial charge in [0.15, 0.2) is 0 Å². The van der Waals surface area contributed by atoms with Crippen molar-refractivity contribution in [3.63, 3.8) is 0 Å².